The zero-order valence-electron chi connectivity index (χ0n) is 14.7. The van der Waals surface area contributed by atoms with E-state index in [0.29, 0.717) is 23.9 Å². The number of tetrazole rings is 1. The summed E-state index contributed by atoms with van der Waals surface area (Å²) >= 11 is 3.58. The van der Waals surface area contributed by atoms with E-state index in [1.807, 2.05) is 28.9 Å². The lowest BCUT2D eigenvalue weighted by Crippen LogP contribution is -2.44. The van der Waals surface area contributed by atoms with Gasteiger partial charge in [0.15, 0.2) is 5.82 Å². The van der Waals surface area contributed by atoms with Crippen LogP contribution in [0.25, 0.3) is 5.69 Å². The van der Waals surface area contributed by atoms with E-state index in [9.17, 15) is 0 Å². The first-order chi connectivity index (χ1) is 11.5. The number of halogens is 1. The van der Waals surface area contributed by atoms with Crippen LogP contribution in [-0.2, 0) is 6.54 Å². The molecule has 24 heavy (non-hydrogen) atoms. The van der Waals surface area contributed by atoms with Crippen LogP contribution in [0.5, 0.6) is 0 Å². The van der Waals surface area contributed by atoms with Crippen LogP contribution in [0.3, 0.4) is 0 Å². The first-order valence-corrected chi connectivity index (χ1v) is 9.51. The zero-order valence-corrected chi connectivity index (χ0v) is 16.3. The maximum absolute atomic E-state index is 4.22. The molecular formula is C18H26BrN5. The number of hydrogen-bond acceptors (Lipinski definition) is 4. The minimum Gasteiger partial charge on any atom is -0.307 e. The van der Waals surface area contributed by atoms with E-state index < -0.39 is 0 Å². The highest BCUT2D eigenvalue weighted by molar-refractivity contribution is 9.10. The maximum atomic E-state index is 4.22. The highest BCUT2D eigenvalue weighted by Crippen LogP contribution is 2.38. The third-order valence-corrected chi connectivity index (χ3v) is 5.69. The molecule has 0 unspecified atom stereocenters. The van der Waals surface area contributed by atoms with Gasteiger partial charge in [0.1, 0.15) is 0 Å². The SMILES string of the molecule is CC(C)(C)[C@@H]1CCCC[C@H]1NCc1nnnn1-c1ccccc1Br. The van der Waals surface area contributed by atoms with Crippen molar-refractivity contribution in [1.82, 2.24) is 25.5 Å². The van der Waals surface area contributed by atoms with Gasteiger partial charge in [-0.15, -0.1) is 5.10 Å². The average Bonchev–Trinajstić information content (AvgIpc) is 3.01. The molecule has 0 bridgehead atoms. The lowest BCUT2D eigenvalue weighted by molar-refractivity contribution is 0.129. The van der Waals surface area contributed by atoms with E-state index in [4.69, 9.17) is 0 Å². The first-order valence-electron chi connectivity index (χ1n) is 8.72. The second-order valence-corrected chi connectivity index (χ2v) is 8.56. The minimum atomic E-state index is 0.326. The second-order valence-electron chi connectivity index (χ2n) is 7.70. The van der Waals surface area contributed by atoms with Crippen LogP contribution in [0, 0.1) is 11.3 Å². The van der Waals surface area contributed by atoms with Crippen molar-refractivity contribution in [3.8, 4) is 5.69 Å². The summed E-state index contributed by atoms with van der Waals surface area (Å²) in [7, 11) is 0. The van der Waals surface area contributed by atoms with Crippen molar-refractivity contribution in [2.75, 3.05) is 0 Å². The average molecular weight is 392 g/mol. The van der Waals surface area contributed by atoms with Crippen molar-refractivity contribution in [3.63, 3.8) is 0 Å². The van der Waals surface area contributed by atoms with Crippen molar-refractivity contribution in [3.05, 3.63) is 34.6 Å². The molecule has 0 radical (unpaired) electrons. The normalized spacial score (nSPS) is 21.8. The van der Waals surface area contributed by atoms with E-state index in [-0.39, 0.29) is 0 Å². The minimum absolute atomic E-state index is 0.326. The molecule has 3 rings (SSSR count). The van der Waals surface area contributed by atoms with E-state index >= 15 is 0 Å². The monoisotopic (exact) mass is 391 g/mol. The van der Waals surface area contributed by atoms with Gasteiger partial charge in [-0.3, -0.25) is 0 Å². The van der Waals surface area contributed by atoms with Gasteiger partial charge in [-0.25, -0.2) is 0 Å². The van der Waals surface area contributed by atoms with Gasteiger partial charge in [-0.05, 0) is 62.7 Å². The number of para-hydroxylation sites is 1. The number of hydrogen-bond donors (Lipinski definition) is 1. The van der Waals surface area contributed by atoms with Crippen molar-refractivity contribution >= 4 is 15.9 Å². The smallest absolute Gasteiger partial charge is 0.170 e. The van der Waals surface area contributed by atoms with Gasteiger partial charge < -0.3 is 5.32 Å². The van der Waals surface area contributed by atoms with Gasteiger partial charge in [-0.2, -0.15) is 4.68 Å². The van der Waals surface area contributed by atoms with Gasteiger partial charge in [0.25, 0.3) is 0 Å². The Bertz CT molecular complexity index is 676. The molecule has 0 saturated heterocycles. The standard InChI is InChI=1S/C18H26BrN5/c1-18(2,3)13-8-4-6-10-15(13)20-12-17-21-22-23-24(17)16-11-7-5-9-14(16)19/h5,7,9,11,13,15,20H,4,6,8,10,12H2,1-3H3/t13-,15-/m1/s1. The zero-order chi connectivity index (χ0) is 17.2. The summed E-state index contributed by atoms with van der Waals surface area (Å²) < 4.78 is 2.80. The summed E-state index contributed by atoms with van der Waals surface area (Å²) in [6.07, 6.45) is 5.18. The van der Waals surface area contributed by atoms with E-state index in [0.717, 1.165) is 16.0 Å². The Morgan fingerprint density at radius 2 is 1.96 bits per heavy atom. The molecule has 1 heterocycles. The summed E-state index contributed by atoms with van der Waals surface area (Å²) in [5.41, 5.74) is 1.29. The lowest BCUT2D eigenvalue weighted by atomic mass is 9.69. The molecule has 2 aromatic rings. The summed E-state index contributed by atoms with van der Waals surface area (Å²) in [6.45, 7) is 7.74. The Balaban J connectivity index is 1.74. The van der Waals surface area contributed by atoms with Crippen LogP contribution >= 0.6 is 15.9 Å². The summed E-state index contributed by atoms with van der Waals surface area (Å²) in [6, 6.07) is 8.54. The van der Waals surface area contributed by atoms with Crippen LogP contribution in [0.1, 0.15) is 52.3 Å². The van der Waals surface area contributed by atoms with Crippen LogP contribution in [0.2, 0.25) is 0 Å². The molecule has 2 atom stereocenters. The Labute approximate surface area is 152 Å². The lowest BCUT2D eigenvalue weighted by Gasteiger charge is -2.41. The molecule has 1 aliphatic rings. The molecular weight excluding hydrogens is 366 g/mol. The predicted molar refractivity (Wildman–Crippen MR) is 98.9 cm³/mol. The van der Waals surface area contributed by atoms with E-state index in [1.54, 1.807) is 0 Å². The molecule has 1 saturated carbocycles. The van der Waals surface area contributed by atoms with Crippen LogP contribution in [-0.4, -0.2) is 26.2 Å². The number of nitrogens with zero attached hydrogens (tertiary/aromatic N) is 4. The molecule has 1 aliphatic carbocycles. The van der Waals surface area contributed by atoms with Gasteiger partial charge in [0, 0.05) is 10.5 Å². The Morgan fingerprint density at radius 1 is 1.21 bits per heavy atom. The topological polar surface area (TPSA) is 55.6 Å². The Hall–Kier alpha value is -1.27. The van der Waals surface area contributed by atoms with Crippen molar-refractivity contribution in [2.45, 2.75) is 59.0 Å². The first kappa shape index (κ1) is 17.5. The quantitative estimate of drug-likeness (QED) is 0.851. The fourth-order valence-corrected chi connectivity index (χ4v) is 4.21. The summed E-state index contributed by atoms with van der Waals surface area (Å²) in [5.74, 6) is 1.54. The third-order valence-electron chi connectivity index (χ3n) is 5.02. The molecule has 0 aliphatic heterocycles. The molecule has 1 fully saturated rings. The highest BCUT2D eigenvalue weighted by Gasteiger charge is 2.34. The van der Waals surface area contributed by atoms with E-state index in [1.165, 1.54) is 25.7 Å². The molecule has 5 nitrogen and oxygen atoms in total. The number of rotatable bonds is 4. The number of aromatic nitrogens is 4. The highest BCUT2D eigenvalue weighted by atomic mass is 79.9. The van der Waals surface area contributed by atoms with Gasteiger partial charge >= 0.3 is 0 Å². The molecule has 130 valence electrons. The molecule has 0 spiro atoms. The second kappa shape index (κ2) is 7.31. The number of benzene rings is 1. The summed E-state index contributed by atoms with van der Waals surface area (Å²) in [5, 5.41) is 16.0. The largest absolute Gasteiger partial charge is 0.307 e. The third kappa shape index (κ3) is 3.86. The molecule has 1 aromatic heterocycles. The fraction of sp³-hybridized carbons (Fsp3) is 0.611. The van der Waals surface area contributed by atoms with Crippen molar-refractivity contribution in [2.24, 2.45) is 11.3 Å². The number of nitrogens with one attached hydrogen (secondary N) is 1. The van der Waals surface area contributed by atoms with E-state index in [2.05, 4.69) is 57.5 Å². The maximum Gasteiger partial charge on any atom is 0.170 e. The molecule has 0 amide bonds. The Kier molecular flexibility index (Phi) is 5.35. The van der Waals surface area contributed by atoms with Crippen molar-refractivity contribution in [1.29, 1.82) is 0 Å². The molecule has 6 heteroatoms. The van der Waals surface area contributed by atoms with Crippen LogP contribution < -0.4 is 5.32 Å². The Morgan fingerprint density at radius 3 is 2.71 bits per heavy atom. The molecule has 1 N–H and O–H groups in total. The summed E-state index contributed by atoms with van der Waals surface area (Å²) in [4.78, 5) is 0. The van der Waals surface area contributed by atoms with Crippen LogP contribution in [0.15, 0.2) is 28.7 Å². The van der Waals surface area contributed by atoms with Gasteiger partial charge in [0.2, 0.25) is 0 Å². The van der Waals surface area contributed by atoms with Gasteiger partial charge in [-0.1, -0.05) is 45.7 Å². The fourth-order valence-electron chi connectivity index (χ4n) is 3.76. The molecule has 1 aromatic carbocycles. The van der Waals surface area contributed by atoms with Crippen molar-refractivity contribution < 1.29 is 0 Å². The van der Waals surface area contributed by atoms with Crippen LogP contribution in [0.4, 0.5) is 0 Å². The van der Waals surface area contributed by atoms with Gasteiger partial charge in [0.05, 0.1) is 12.2 Å². The predicted octanol–water partition coefficient (Wildman–Crippen LogP) is 4.12.